The first-order valence-electron chi connectivity index (χ1n) is 7.73. The van der Waals surface area contributed by atoms with Gasteiger partial charge in [0.15, 0.2) is 0 Å². The largest absolute Gasteiger partial charge is 0.453 e. The lowest BCUT2D eigenvalue weighted by atomic mass is 10.0. The Kier molecular flexibility index (Phi) is 6.12. The Labute approximate surface area is 138 Å². The first kappa shape index (κ1) is 17.0. The van der Waals surface area contributed by atoms with Gasteiger partial charge in [-0.25, -0.2) is 4.79 Å². The standard InChI is InChI=1S/C20H23NO2/c1-16(21(2)3)20(18-12-8-5-9-13-18)23-19(22)15-14-17-10-6-4-7-11-17/h4-16,20H,1-3H3/b15-14+/t16-,20-/m0/s1. The lowest BCUT2D eigenvalue weighted by Gasteiger charge is -2.29. The Morgan fingerprint density at radius 3 is 2.13 bits per heavy atom. The van der Waals surface area contributed by atoms with E-state index in [0.717, 1.165) is 11.1 Å². The second kappa shape index (κ2) is 8.30. The zero-order valence-corrected chi connectivity index (χ0v) is 13.8. The van der Waals surface area contributed by atoms with Crippen molar-refractivity contribution in [2.75, 3.05) is 14.1 Å². The number of hydrogen-bond acceptors (Lipinski definition) is 3. The Bertz CT molecular complexity index is 635. The van der Waals surface area contributed by atoms with Crippen LogP contribution in [0.15, 0.2) is 66.7 Å². The van der Waals surface area contributed by atoms with E-state index < -0.39 is 0 Å². The summed E-state index contributed by atoms with van der Waals surface area (Å²) in [6.07, 6.45) is 2.94. The van der Waals surface area contributed by atoms with Gasteiger partial charge in [-0.3, -0.25) is 0 Å². The van der Waals surface area contributed by atoms with Crippen molar-refractivity contribution in [1.29, 1.82) is 0 Å². The van der Waals surface area contributed by atoms with Crippen molar-refractivity contribution in [3.63, 3.8) is 0 Å². The number of carbonyl (C=O) groups is 1. The molecule has 2 rings (SSSR count). The Balaban J connectivity index is 2.11. The highest BCUT2D eigenvalue weighted by Gasteiger charge is 2.24. The molecule has 0 saturated heterocycles. The summed E-state index contributed by atoms with van der Waals surface area (Å²) in [4.78, 5) is 14.2. The molecule has 0 aliphatic carbocycles. The molecule has 0 aromatic heterocycles. The molecular formula is C20H23NO2. The maximum atomic E-state index is 12.2. The number of carbonyl (C=O) groups excluding carboxylic acids is 1. The van der Waals surface area contributed by atoms with Crippen molar-refractivity contribution >= 4 is 12.0 Å². The predicted molar refractivity (Wildman–Crippen MR) is 93.9 cm³/mol. The number of rotatable bonds is 6. The Morgan fingerprint density at radius 2 is 1.57 bits per heavy atom. The van der Waals surface area contributed by atoms with E-state index in [0.29, 0.717) is 0 Å². The molecule has 23 heavy (non-hydrogen) atoms. The zero-order chi connectivity index (χ0) is 16.7. The number of ether oxygens (including phenoxy) is 1. The fourth-order valence-electron chi connectivity index (χ4n) is 2.25. The Hall–Kier alpha value is -2.39. The molecule has 0 saturated carbocycles. The zero-order valence-electron chi connectivity index (χ0n) is 13.8. The predicted octanol–water partition coefficient (Wildman–Crippen LogP) is 3.93. The maximum Gasteiger partial charge on any atom is 0.331 e. The summed E-state index contributed by atoms with van der Waals surface area (Å²) in [6, 6.07) is 19.6. The maximum absolute atomic E-state index is 12.2. The minimum Gasteiger partial charge on any atom is -0.453 e. The number of likely N-dealkylation sites (N-methyl/N-ethyl adjacent to an activating group) is 1. The van der Waals surface area contributed by atoms with Crippen molar-refractivity contribution in [1.82, 2.24) is 4.90 Å². The fourth-order valence-corrected chi connectivity index (χ4v) is 2.25. The minimum absolute atomic E-state index is 0.0754. The van der Waals surface area contributed by atoms with Crippen LogP contribution in [0.3, 0.4) is 0 Å². The summed E-state index contributed by atoms with van der Waals surface area (Å²) in [7, 11) is 3.96. The highest BCUT2D eigenvalue weighted by Crippen LogP contribution is 2.24. The summed E-state index contributed by atoms with van der Waals surface area (Å²) in [5, 5.41) is 0. The SMILES string of the molecule is C[C@@H]([C@H](OC(=O)/C=C/c1ccccc1)c1ccccc1)N(C)C. The van der Waals surface area contributed by atoms with E-state index in [4.69, 9.17) is 4.74 Å². The average molecular weight is 309 g/mol. The van der Waals surface area contributed by atoms with Gasteiger partial charge in [0.25, 0.3) is 0 Å². The molecule has 0 radical (unpaired) electrons. The average Bonchev–Trinajstić information content (AvgIpc) is 2.59. The molecule has 120 valence electrons. The number of nitrogens with zero attached hydrogens (tertiary/aromatic N) is 1. The molecule has 0 amide bonds. The van der Waals surface area contributed by atoms with Crippen LogP contribution in [0, 0.1) is 0 Å². The van der Waals surface area contributed by atoms with E-state index in [1.807, 2.05) is 86.6 Å². The fraction of sp³-hybridized carbons (Fsp3) is 0.250. The summed E-state index contributed by atoms with van der Waals surface area (Å²) in [5.41, 5.74) is 1.97. The van der Waals surface area contributed by atoms with E-state index in [-0.39, 0.29) is 18.1 Å². The van der Waals surface area contributed by atoms with Gasteiger partial charge in [0.1, 0.15) is 6.10 Å². The van der Waals surface area contributed by atoms with Crippen molar-refractivity contribution in [2.24, 2.45) is 0 Å². The molecule has 0 spiro atoms. The van der Waals surface area contributed by atoms with Gasteiger partial charge < -0.3 is 9.64 Å². The van der Waals surface area contributed by atoms with E-state index in [2.05, 4.69) is 0 Å². The van der Waals surface area contributed by atoms with Gasteiger partial charge in [-0.1, -0.05) is 60.7 Å². The van der Waals surface area contributed by atoms with Crippen LogP contribution in [0.1, 0.15) is 24.2 Å². The lowest BCUT2D eigenvalue weighted by molar-refractivity contribution is -0.146. The third-order valence-corrected chi connectivity index (χ3v) is 3.84. The molecule has 0 N–H and O–H groups in total. The van der Waals surface area contributed by atoms with Crippen LogP contribution >= 0.6 is 0 Å². The monoisotopic (exact) mass is 309 g/mol. The highest BCUT2D eigenvalue weighted by molar-refractivity contribution is 5.87. The molecule has 3 heteroatoms. The van der Waals surface area contributed by atoms with Gasteiger partial charge in [-0.2, -0.15) is 0 Å². The van der Waals surface area contributed by atoms with Crippen molar-refractivity contribution < 1.29 is 9.53 Å². The third kappa shape index (κ3) is 5.08. The third-order valence-electron chi connectivity index (χ3n) is 3.84. The first-order chi connectivity index (χ1) is 11.1. The second-order valence-electron chi connectivity index (χ2n) is 5.72. The van der Waals surface area contributed by atoms with Crippen molar-refractivity contribution in [3.05, 3.63) is 77.9 Å². The lowest BCUT2D eigenvalue weighted by Crippen LogP contribution is -2.33. The van der Waals surface area contributed by atoms with E-state index in [9.17, 15) is 4.79 Å². The molecule has 0 aliphatic rings. The van der Waals surface area contributed by atoms with Crippen LogP contribution in [0.5, 0.6) is 0 Å². The molecule has 3 nitrogen and oxygen atoms in total. The van der Waals surface area contributed by atoms with Crippen molar-refractivity contribution in [2.45, 2.75) is 19.1 Å². The molecule has 0 heterocycles. The van der Waals surface area contributed by atoms with E-state index in [1.54, 1.807) is 6.08 Å². The highest BCUT2D eigenvalue weighted by atomic mass is 16.5. The van der Waals surface area contributed by atoms with Gasteiger partial charge >= 0.3 is 5.97 Å². The quantitative estimate of drug-likeness (QED) is 0.598. The minimum atomic E-state index is -0.337. The van der Waals surface area contributed by atoms with Crippen LogP contribution in [0.2, 0.25) is 0 Å². The normalized spacial score (nSPS) is 13.9. The molecule has 0 aliphatic heterocycles. The molecule has 2 aromatic carbocycles. The van der Waals surface area contributed by atoms with Gasteiger partial charge in [-0.15, -0.1) is 0 Å². The summed E-state index contributed by atoms with van der Waals surface area (Å²) >= 11 is 0. The molecular weight excluding hydrogens is 286 g/mol. The molecule has 0 bridgehead atoms. The van der Waals surface area contributed by atoms with Crippen LogP contribution in [-0.2, 0) is 9.53 Å². The Morgan fingerprint density at radius 1 is 1.00 bits per heavy atom. The molecule has 0 unspecified atom stereocenters. The van der Waals surface area contributed by atoms with Crippen LogP contribution in [0.4, 0.5) is 0 Å². The van der Waals surface area contributed by atoms with Gasteiger partial charge in [0.05, 0.1) is 0 Å². The molecule has 0 fully saturated rings. The van der Waals surface area contributed by atoms with Gasteiger partial charge in [0.2, 0.25) is 0 Å². The van der Waals surface area contributed by atoms with Crippen molar-refractivity contribution in [3.8, 4) is 0 Å². The van der Waals surface area contributed by atoms with E-state index in [1.165, 1.54) is 6.08 Å². The number of benzene rings is 2. The topological polar surface area (TPSA) is 29.5 Å². The smallest absolute Gasteiger partial charge is 0.331 e. The second-order valence-corrected chi connectivity index (χ2v) is 5.72. The molecule has 2 aromatic rings. The molecule has 2 atom stereocenters. The van der Waals surface area contributed by atoms with Crippen LogP contribution in [-0.4, -0.2) is 31.0 Å². The summed E-state index contributed by atoms with van der Waals surface area (Å²) in [5.74, 6) is -0.337. The number of hydrogen-bond donors (Lipinski definition) is 0. The van der Waals surface area contributed by atoms with E-state index >= 15 is 0 Å². The van der Waals surface area contributed by atoms with Crippen LogP contribution in [0.25, 0.3) is 6.08 Å². The van der Waals surface area contributed by atoms with Gasteiger partial charge in [0, 0.05) is 12.1 Å². The van der Waals surface area contributed by atoms with Crippen LogP contribution < -0.4 is 0 Å². The summed E-state index contributed by atoms with van der Waals surface area (Å²) < 4.78 is 5.71. The number of esters is 1. The summed E-state index contributed by atoms with van der Waals surface area (Å²) in [6.45, 7) is 2.05. The van der Waals surface area contributed by atoms with Gasteiger partial charge in [-0.05, 0) is 38.2 Å². The first-order valence-corrected chi connectivity index (χ1v) is 7.73.